The number of allylic oxidation sites excluding steroid dienone is 1. The number of carboxylic acid groups (broad SMARTS) is 1. The number of rotatable bonds is 4. The van der Waals surface area contributed by atoms with Crippen molar-refractivity contribution in [3.8, 4) is 11.5 Å². The lowest BCUT2D eigenvalue weighted by Crippen LogP contribution is -2.46. The molecule has 0 aliphatic carbocycles. The van der Waals surface area contributed by atoms with E-state index in [4.69, 9.17) is 4.74 Å². The van der Waals surface area contributed by atoms with Crippen LogP contribution in [0.5, 0.6) is 0 Å². The molecule has 1 amide bonds. The Hall–Kier alpha value is -1.25. The van der Waals surface area contributed by atoms with Crippen LogP contribution in [0.1, 0.15) is 33.1 Å². The third-order valence-corrected chi connectivity index (χ3v) is 4.15. The van der Waals surface area contributed by atoms with E-state index in [2.05, 4.69) is 31.1 Å². The lowest BCUT2D eigenvalue weighted by molar-refractivity contribution is -0.0409. The average molecular weight is 309 g/mol. The molecule has 0 saturated carbocycles. The van der Waals surface area contributed by atoms with Gasteiger partial charge in [-0.25, -0.2) is 4.79 Å². The van der Waals surface area contributed by atoms with Crippen molar-refractivity contribution >= 4 is 14.2 Å². The van der Waals surface area contributed by atoms with E-state index in [0.717, 1.165) is 19.3 Å². The first-order valence-corrected chi connectivity index (χ1v) is 11.0. The van der Waals surface area contributed by atoms with Gasteiger partial charge < -0.3 is 9.84 Å². The van der Waals surface area contributed by atoms with Gasteiger partial charge in [0.2, 0.25) is 0 Å². The minimum absolute atomic E-state index is 0.189. The van der Waals surface area contributed by atoms with Crippen LogP contribution in [0.4, 0.5) is 4.79 Å². The van der Waals surface area contributed by atoms with Crippen molar-refractivity contribution in [1.82, 2.24) is 4.90 Å². The summed E-state index contributed by atoms with van der Waals surface area (Å²) in [5.41, 5.74) is 2.60. The molecule has 5 heteroatoms. The summed E-state index contributed by atoms with van der Waals surface area (Å²) in [6, 6.07) is -0.189. The van der Waals surface area contributed by atoms with E-state index < -0.39 is 19.9 Å². The predicted octanol–water partition coefficient (Wildman–Crippen LogP) is 3.71. The molecular formula is C16H27NO3Si. The van der Waals surface area contributed by atoms with Gasteiger partial charge in [-0.15, -0.1) is 11.5 Å². The quantitative estimate of drug-likeness (QED) is 0.373. The Balaban J connectivity index is 2.40. The minimum atomic E-state index is -1.25. The maximum Gasteiger partial charge on any atom is 0.410 e. The monoisotopic (exact) mass is 309 g/mol. The molecule has 0 radical (unpaired) electrons. The molecule has 1 unspecified atom stereocenters. The van der Waals surface area contributed by atoms with E-state index in [1.165, 1.54) is 4.90 Å². The maximum atomic E-state index is 11.3. The Kier molecular flexibility index (Phi) is 6.06. The van der Waals surface area contributed by atoms with E-state index in [1.807, 2.05) is 12.2 Å². The fourth-order valence-electron chi connectivity index (χ4n) is 2.24. The summed E-state index contributed by atoms with van der Waals surface area (Å²) in [7, 11) is -1.25. The standard InChI is InChI=1S/C16H27NO3Si/c1-16(2)17(15(18)19)14(13-20-16)11-9-7-6-8-10-12-21(3,4)5/h9,11,14H,6-8,13H2,1-5H3,(H,18,19)/b11-9-. The largest absolute Gasteiger partial charge is 0.465 e. The van der Waals surface area contributed by atoms with Crippen LogP contribution in [-0.2, 0) is 4.74 Å². The zero-order valence-corrected chi connectivity index (χ0v) is 14.8. The number of unbranched alkanes of at least 4 members (excludes halogenated alkanes) is 2. The highest BCUT2D eigenvalue weighted by Crippen LogP contribution is 2.27. The molecule has 1 aliphatic rings. The van der Waals surface area contributed by atoms with Crippen LogP contribution in [0.25, 0.3) is 0 Å². The lowest BCUT2D eigenvalue weighted by Gasteiger charge is -2.29. The Labute approximate surface area is 129 Å². The van der Waals surface area contributed by atoms with Gasteiger partial charge in [0.1, 0.15) is 13.8 Å². The minimum Gasteiger partial charge on any atom is -0.465 e. The summed E-state index contributed by atoms with van der Waals surface area (Å²) in [5.74, 6) is 3.24. The van der Waals surface area contributed by atoms with Crippen LogP contribution in [0.15, 0.2) is 12.2 Å². The molecule has 0 aromatic heterocycles. The summed E-state index contributed by atoms with van der Waals surface area (Å²) in [6.45, 7) is 10.7. The first-order valence-electron chi connectivity index (χ1n) is 7.46. The van der Waals surface area contributed by atoms with Crippen LogP contribution in [-0.4, -0.2) is 42.5 Å². The smallest absolute Gasteiger partial charge is 0.410 e. The van der Waals surface area contributed by atoms with E-state index in [-0.39, 0.29) is 6.04 Å². The first-order chi connectivity index (χ1) is 9.63. The molecule has 1 saturated heterocycles. The zero-order valence-electron chi connectivity index (χ0n) is 13.8. The van der Waals surface area contributed by atoms with Crippen LogP contribution in [0, 0.1) is 11.5 Å². The van der Waals surface area contributed by atoms with E-state index in [0.29, 0.717) is 6.61 Å². The van der Waals surface area contributed by atoms with Crippen LogP contribution >= 0.6 is 0 Å². The third kappa shape index (κ3) is 5.94. The van der Waals surface area contributed by atoms with Gasteiger partial charge in [0.15, 0.2) is 0 Å². The van der Waals surface area contributed by atoms with Gasteiger partial charge in [0.05, 0.1) is 12.6 Å². The highest BCUT2D eigenvalue weighted by Gasteiger charge is 2.42. The van der Waals surface area contributed by atoms with Crippen molar-refractivity contribution < 1.29 is 14.6 Å². The fourth-order valence-corrected chi connectivity index (χ4v) is 2.89. The Bertz CT molecular complexity index is 454. The normalized spacial score (nSPS) is 21.4. The molecule has 0 spiro atoms. The second-order valence-electron chi connectivity index (χ2n) is 6.85. The predicted molar refractivity (Wildman–Crippen MR) is 87.8 cm³/mol. The third-order valence-electron chi connectivity index (χ3n) is 3.22. The summed E-state index contributed by atoms with van der Waals surface area (Å²) in [5, 5.41) is 9.27. The second kappa shape index (κ2) is 7.14. The van der Waals surface area contributed by atoms with Gasteiger partial charge in [-0.05, 0) is 26.7 Å². The summed E-state index contributed by atoms with van der Waals surface area (Å²) < 4.78 is 5.54. The summed E-state index contributed by atoms with van der Waals surface area (Å²) >= 11 is 0. The van der Waals surface area contributed by atoms with Gasteiger partial charge in [0.25, 0.3) is 0 Å². The molecule has 1 heterocycles. The number of amides is 1. The van der Waals surface area contributed by atoms with Crippen molar-refractivity contribution in [2.24, 2.45) is 0 Å². The molecule has 0 aromatic carbocycles. The highest BCUT2D eigenvalue weighted by atomic mass is 28.3. The topological polar surface area (TPSA) is 49.8 Å². The summed E-state index contributed by atoms with van der Waals surface area (Å²) in [4.78, 5) is 12.7. The van der Waals surface area contributed by atoms with E-state index in [9.17, 15) is 9.90 Å². The summed E-state index contributed by atoms with van der Waals surface area (Å²) in [6.07, 6.45) is 5.89. The molecule has 1 fully saturated rings. The maximum absolute atomic E-state index is 11.3. The molecule has 1 aliphatic heterocycles. The first kappa shape index (κ1) is 17.8. The van der Waals surface area contributed by atoms with Gasteiger partial charge in [0, 0.05) is 6.42 Å². The number of ether oxygens (including phenoxy) is 1. The highest BCUT2D eigenvalue weighted by molar-refractivity contribution is 6.83. The number of hydrogen-bond acceptors (Lipinski definition) is 2. The Morgan fingerprint density at radius 1 is 1.48 bits per heavy atom. The number of nitrogens with zero attached hydrogens (tertiary/aromatic N) is 1. The van der Waals surface area contributed by atoms with E-state index in [1.54, 1.807) is 13.8 Å². The van der Waals surface area contributed by atoms with Crippen LogP contribution in [0.2, 0.25) is 19.6 Å². The molecule has 0 aromatic rings. The van der Waals surface area contributed by atoms with Crippen molar-refractivity contribution in [1.29, 1.82) is 0 Å². The average Bonchev–Trinajstić information content (AvgIpc) is 2.62. The van der Waals surface area contributed by atoms with Crippen molar-refractivity contribution in [2.45, 2.75) is 64.5 Å². The molecule has 1 atom stereocenters. The van der Waals surface area contributed by atoms with Gasteiger partial charge in [-0.3, -0.25) is 4.90 Å². The SMILES string of the molecule is CC1(C)OCC(/C=C\CCCC#C[Si](C)(C)C)N1C(=O)O. The second-order valence-corrected chi connectivity index (χ2v) is 11.6. The van der Waals surface area contributed by atoms with Gasteiger partial charge in [-0.1, -0.05) is 31.8 Å². The van der Waals surface area contributed by atoms with Crippen LogP contribution < -0.4 is 0 Å². The molecule has 0 bridgehead atoms. The molecule has 118 valence electrons. The lowest BCUT2D eigenvalue weighted by atomic mass is 10.1. The molecular weight excluding hydrogens is 282 g/mol. The van der Waals surface area contributed by atoms with Gasteiger partial charge in [-0.2, -0.15) is 0 Å². The van der Waals surface area contributed by atoms with Crippen molar-refractivity contribution in [2.75, 3.05) is 6.61 Å². The molecule has 1 rings (SSSR count). The Morgan fingerprint density at radius 2 is 2.14 bits per heavy atom. The number of hydrogen-bond donors (Lipinski definition) is 1. The molecule has 1 N–H and O–H groups in total. The molecule has 4 nitrogen and oxygen atoms in total. The van der Waals surface area contributed by atoms with Crippen LogP contribution in [0.3, 0.4) is 0 Å². The number of carbonyl (C=O) groups is 1. The molecule has 21 heavy (non-hydrogen) atoms. The zero-order chi connectivity index (χ0) is 16.1. The van der Waals surface area contributed by atoms with Crippen molar-refractivity contribution in [3.63, 3.8) is 0 Å². The fraction of sp³-hybridized carbons (Fsp3) is 0.688. The van der Waals surface area contributed by atoms with Crippen molar-refractivity contribution in [3.05, 3.63) is 12.2 Å². The van der Waals surface area contributed by atoms with Gasteiger partial charge >= 0.3 is 6.09 Å². The Morgan fingerprint density at radius 3 is 2.71 bits per heavy atom. The van der Waals surface area contributed by atoms with E-state index >= 15 is 0 Å².